The Bertz CT molecular complexity index is 769. The highest BCUT2D eigenvalue weighted by molar-refractivity contribution is 6.07. The topological polar surface area (TPSA) is 32.8 Å². The zero-order valence-corrected chi connectivity index (χ0v) is 17.4. The molecule has 0 N–H and O–H groups in total. The summed E-state index contributed by atoms with van der Waals surface area (Å²) in [4.78, 5) is 18.5. The van der Waals surface area contributed by atoms with Gasteiger partial charge >= 0.3 is 0 Å². The normalized spacial score (nSPS) is 16.8. The number of benzene rings is 2. The van der Waals surface area contributed by atoms with Crippen LogP contribution < -0.4 is 4.90 Å². The lowest BCUT2D eigenvalue weighted by molar-refractivity contribution is 0.0650. The molecule has 150 valence electrons. The van der Waals surface area contributed by atoms with Crippen LogP contribution in [-0.2, 0) is 11.2 Å². The molecule has 1 fully saturated rings. The molecule has 3 rings (SSSR count). The molecule has 1 heterocycles. The molecule has 4 nitrogen and oxygen atoms in total. The minimum atomic E-state index is -0.557. The smallest absolute Gasteiger partial charge is 0.185 e. The summed E-state index contributed by atoms with van der Waals surface area (Å²) in [6, 6.07) is 18.4. The number of Topliss-reactive ketones (excluding diaryl/α,β-unsaturated/α-hetero) is 1. The summed E-state index contributed by atoms with van der Waals surface area (Å²) >= 11 is 0. The van der Waals surface area contributed by atoms with Gasteiger partial charge in [0.25, 0.3) is 0 Å². The molecule has 1 atom stereocenters. The van der Waals surface area contributed by atoms with Crippen LogP contribution in [0.4, 0.5) is 5.69 Å². The number of para-hydroxylation sites is 1. The van der Waals surface area contributed by atoms with Crippen LogP contribution in [0.1, 0.15) is 35.7 Å². The summed E-state index contributed by atoms with van der Waals surface area (Å²) in [5, 5.41) is 0. The van der Waals surface area contributed by atoms with E-state index in [0.29, 0.717) is 19.6 Å². The maximum absolute atomic E-state index is 14.1. The minimum absolute atomic E-state index is 0.213. The fraction of sp³-hybridized carbons (Fsp3) is 0.458. The number of morpholine rings is 1. The average molecular weight is 381 g/mol. The van der Waals surface area contributed by atoms with Gasteiger partial charge in [0.05, 0.1) is 18.8 Å². The molecule has 28 heavy (non-hydrogen) atoms. The molecule has 0 bridgehead atoms. The molecule has 1 aliphatic rings. The highest BCUT2D eigenvalue weighted by Crippen LogP contribution is 2.33. The third-order valence-corrected chi connectivity index (χ3v) is 5.78. The predicted octanol–water partition coefficient (Wildman–Crippen LogP) is 4.05. The third-order valence-electron chi connectivity index (χ3n) is 5.78. The summed E-state index contributed by atoms with van der Waals surface area (Å²) in [6.45, 7) is 5.22. The lowest BCUT2D eigenvalue weighted by Gasteiger charge is -2.40. The van der Waals surface area contributed by atoms with Crippen LogP contribution in [0, 0.1) is 0 Å². The molecule has 1 aliphatic heterocycles. The predicted molar refractivity (Wildman–Crippen MR) is 115 cm³/mol. The van der Waals surface area contributed by atoms with E-state index in [1.165, 1.54) is 5.56 Å². The summed E-state index contributed by atoms with van der Waals surface area (Å²) in [7, 11) is 4.07. The molecule has 0 aromatic heterocycles. The van der Waals surface area contributed by atoms with E-state index in [0.717, 1.165) is 37.2 Å². The number of likely N-dealkylation sites (N-methyl/N-ethyl adjacent to an activating group) is 1. The first-order valence-electron chi connectivity index (χ1n) is 10.3. The van der Waals surface area contributed by atoms with Crippen molar-refractivity contribution in [3.63, 3.8) is 0 Å². The van der Waals surface area contributed by atoms with Crippen molar-refractivity contribution in [1.29, 1.82) is 0 Å². The Morgan fingerprint density at radius 3 is 2.32 bits per heavy atom. The molecule has 1 saturated heterocycles. The van der Waals surface area contributed by atoms with E-state index in [4.69, 9.17) is 4.74 Å². The van der Waals surface area contributed by atoms with E-state index in [9.17, 15) is 4.79 Å². The quantitative estimate of drug-likeness (QED) is 0.647. The molecule has 0 saturated carbocycles. The Labute approximate surface area is 169 Å². The molecular weight excluding hydrogens is 348 g/mol. The standard InChI is InChI=1S/C24H32N2O2/c1-4-14-24(25(2)3,19-20-10-6-5-7-11-20)23(27)21-12-8-9-13-22(21)26-15-17-28-18-16-26/h5-13H,4,14-19H2,1-3H3. The molecule has 2 aromatic rings. The summed E-state index contributed by atoms with van der Waals surface area (Å²) in [5.41, 5.74) is 2.49. The van der Waals surface area contributed by atoms with Crippen molar-refractivity contribution in [2.45, 2.75) is 31.7 Å². The van der Waals surface area contributed by atoms with Crippen LogP contribution >= 0.6 is 0 Å². The second kappa shape index (κ2) is 9.35. The molecule has 0 aliphatic carbocycles. The Balaban J connectivity index is 2.02. The van der Waals surface area contributed by atoms with Crippen molar-refractivity contribution in [2.75, 3.05) is 45.3 Å². The highest BCUT2D eigenvalue weighted by atomic mass is 16.5. The van der Waals surface area contributed by atoms with Crippen molar-refractivity contribution in [3.8, 4) is 0 Å². The van der Waals surface area contributed by atoms with E-state index < -0.39 is 5.54 Å². The van der Waals surface area contributed by atoms with Gasteiger partial charge in [0, 0.05) is 24.3 Å². The average Bonchev–Trinajstić information content (AvgIpc) is 2.74. The van der Waals surface area contributed by atoms with Crippen LogP contribution in [-0.4, -0.2) is 56.6 Å². The van der Waals surface area contributed by atoms with Crippen molar-refractivity contribution in [2.24, 2.45) is 0 Å². The molecule has 0 amide bonds. The Morgan fingerprint density at radius 2 is 1.68 bits per heavy atom. The molecule has 4 heteroatoms. The van der Waals surface area contributed by atoms with Gasteiger partial charge in [-0.05, 0) is 44.6 Å². The minimum Gasteiger partial charge on any atom is -0.378 e. The fourth-order valence-corrected chi connectivity index (χ4v) is 4.21. The van der Waals surface area contributed by atoms with Crippen molar-refractivity contribution < 1.29 is 9.53 Å². The second-order valence-corrected chi connectivity index (χ2v) is 7.78. The second-order valence-electron chi connectivity index (χ2n) is 7.78. The summed E-state index contributed by atoms with van der Waals surface area (Å²) in [5.74, 6) is 0.213. The van der Waals surface area contributed by atoms with Crippen LogP contribution in [0.25, 0.3) is 0 Å². The van der Waals surface area contributed by atoms with Gasteiger partial charge in [0.1, 0.15) is 0 Å². The number of anilines is 1. The van der Waals surface area contributed by atoms with E-state index in [-0.39, 0.29) is 5.78 Å². The monoisotopic (exact) mass is 380 g/mol. The zero-order chi connectivity index (χ0) is 20.0. The maximum Gasteiger partial charge on any atom is 0.185 e. The molecule has 2 aromatic carbocycles. The largest absolute Gasteiger partial charge is 0.378 e. The highest BCUT2D eigenvalue weighted by Gasteiger charge is 2.41. The van der Waals surface area contributed by atoms with Gasteiger partial charge in [-0.25, -0.2) is 0 Å². The maximum atomic E-state index is 14.1. The van der Waals surface area contributed by atoms with Crippen LogP contribution in [0.3, 0.4) is 0 Å². The van der Waals surface area contributed by atoms with E-state index in [1.54, 1.807) is 0 Å². The number of carbonyl (C=O) groups excluding carboxylic acids is 1. The lowest BCUT2D eigenvalue weighted by Crippen LogP contribution is -2.53. The lowest BCUT2D eigenvalue weighted by atomic mass is 9.78. The number of rotatable bonds is 8. The number of hydrogen-bond donors (Lipinski definition) is 0. The first kappa shape index (κ1) is 20.6. The van der Waals surface area contributed by atoms with Gasteiger partial charge in [-0.2, -0.15) is 0 Å². The molecule has 0 spiro atoms. The number of carbonyl (C=O) groups is 1. The van der Waals surface area contributed by atoms with Crippen LogP contribution in [0.2, 0.25) is 0 Å². The molecular formula is C24H32N2O2. The van der Waals surface area contributed by atoms with Crippen LogP contribution in [0.5, 0.6) is 0 Å². The van der Waals surface area contributed by atoms with E-state index in [2.05, 4.69) is 34.9 Å². The number of nitrogens with zero attached hydrogens (tertiary/aromatic N) is 2. The van der Waals surface area contributed by atoms with Gasteiger partial charge in [0.15, 0.2) is 5.78 Å². The molecule has 0 radical (unpaired) electrons. The van der Waals surface area contributed by atoms with Gasteiger partial charge in [-0.1, -0.05) is 55.8 Å². The Morgan fingerprint density at radius 1 is 1.04 bits per heavy atom. The van der Waals surface area contributed by atoms with E-state index >= 15 is 0 Å². The van der Waals surface area contributed by atoms with Gasteiger partial charge in [-0.15, -0.1) is 0 Å². The third kappa shape index (κ3) is 4.29. The van der Waals surface area contributed by atoms with Crippen molar-refractivity contribution in [3.05, 3.63) is 65.7 Å². The number of ether oxygens (including phenoxy) is 1. The molecule has 1 unspecified atom stereocenters. The van der Waals surface area contributed by atoms with Crippen molar-refractivity contribution >= 4 is 11.5 Å². The Hall–Kier alpha value is -2.17. The SMILES string of the molecule is CCCC(Cc1ccccc1)(C(=O)c1ccccc1N1CCOCC1)N(C)C. The van der Waals surface area contributed by atoms with Crippen LogP contribution in [0.15, 0.2) is 54.6 Å². The Kier molecular flexibility index (Phi) is 6.87. The zero-order valence-electron chi connectivity index (χ0n) is 17.4. The summed E-state index contributed by atoms with van der Waals surface area (Å²) in [6.07, 6.45) is 2.49. The number of hydrogen-bond acceptors (Lipinski definition) is 4. The fourth-order valence-electron chi connectivity index (χ4n) is 4.21. The van der Waals surface area contributed by atoms with E-state index in [1.807, 2.05) is 50.5 Å². The first-order chi connectivity index (χ1) is 13.6. The van der Waals surface area contributed by atoms with Gasteiger partial charge in [0.2, 0.25) is 0 Å². The van der Waals surface area contributed by atoms with Gasteiger partial charge < -0.3 is 9.64 Å². The number of ketones is 1. The van der Waals surface area contributed by atoms with Crippen molar-refractivity contribution in [1.82, 2.24) is 4.90 Å². The summed E-state index contributed by atoms with van der Waals surface area (Å²) < 4.78 is 5.51. The van der Waals surface area contributed by atoms with Gasteiger partial charge in [-0.3, -0.25) is 9.69 Å². The first-order valence-corrected chi connectivity index (χ1v) is 10.3.